The van der Waals surface area contributed by atoms with Crippen LogP contribution in [0.1, 0.15) is 194 Å². The van der Waals surface area contributed by atoms with Crippen molar-refractivity contribution in [2.24, 2.45) is 0 Å². The Morgan fingerprint density at radius 2 is 0.856 bits per heavy atom. The molecule has 0 radical (unpaired) electrons. The largest absolute Gasteiger partial charge is 0.297 e. The van der Waals surface area contributed by atoms with E-state index in [1.807, 2.05) is 106 Å². The van der Waals surface area contributed by atoms with Crippen molar-refractivity contribution < 1.29 is 55.2 Å². The number of ketones is 1. The maximum absolute atomic E-state index is 12.2. The van der Waals surface area contributed by atoms with E-state index in [4.69, 9.17) is 28.3 Å². The van der Waals surface area contributed by atoms with Crippen molar-refractivity contribution in [1.82, 2.24) is 0 Å². The topological polar surface area (TPSA) is 191 Å². The van der Waals surface area contributed by atoms with Crippen molar-refractivity contribution in [2.75, 3.05) is 0 Å². The molecule has 0 amide bonds. The Morgan fingerprint density at radius 1 is 0.489 bits per heavy atom. The molecule has 90 heavy (non-hydrogen) atoms. The molecule has 0 heterocycles. The number of hydrogen-bond acceptors (Lipinski definition) is 13. The molecule has 13 nitrogen and oxygen atoms in total. The van der Waals surface area contributed by atoms with Gasteiger partial charge in [0.15, 0.2) is 5.78 Å². The van der Waals surface area contributed by atoms with E-state index in [1.54, 1.807) is 106 Å². The summed E-state index contributed by atoms with van der Waals surface area (Å²) in [5, 5.41) is 0.726. The molecule has 3 aliphatic rings. The number of carbonyl (C=O) groups excluding carboxylic acids is 1. The van der Waals surface area contributed by atoms with Crippen LogP contribution >= 0.6 is 11.6 Å². The molecular weight excluding hydrogens is 1240 g/mol. The number of hydrogen-bond donors (Lipinski definition) is 0. The number of halogens is 1. The Morgan fingerprint density at radius 3 is 1.22 bits per heavy atom. The summed E-state index contributed by atoms with van der Waals surface area (Å²) in [7, 11) is -14.5. The van der Waals surface area contributed by atoms with Gasteiger partial charge in [-0.15, -0.1) is 0 Å². The Hall–Kier alpha value is -5.60. The van der Waals surface area contributed by atoms with Crippen LogP contribution in [0, 0.1) is 20.8 Å². The average Bonchev–Trinajstić information content (AvgIpc) is 1.15. The number of benzene rings is 6. The molecule has 18 heteroatoms. The Labute approximate surface area is 544 Å². The highest BCUT2D eigenvalue weighted by Gasteiger charge is 2.27. The second kappa shape index (κ2) is 36.0. The Kier molecular flexibility index (Phi) is 30.1. The zero-order valence-electron chi connectivity index (χ0n) is 54.0. The molecule has 3 aliphatic carbocycles. The van der Waals surface area contributed by atoms with E-state index in [1.165, 1.54) is 24.0 Å². The fraction of sp³-hybridized carbons (Fsp3) is 0.431. The first-order chi connectivity index (χ1) is 42.5. The first kappa shape index (κ1) is 75.1. The van der Waals surface area contributed by atoms with Gasteiger partial charge >= 0.3 is 0 Å². The summed E-state index contributed by atoms with van der Waals surface area (Å²) in [5.74, 6) is 1.06. The van der Waals surface area contributed by atoms with Crippen molar-refractivity contribution >= 4 is 57.9 Å². The summed E-state index contributed by atoms with van der Waals surface area (Å²) in [4.78, 5) is 12.9. The number of allylic oxidation sites excluding steroid dienone is 2. The van der Waals surface area contributed by atoms with Crippen LogP contribution in [0.2, 0.25) is 5.02 Å². The number of Topliss-reactive ketones (excluding diaryl/α,β-unsaturated/α-hetero) is 1. The summed E-state index contributed by atoms with van der Waals surface area (Å²) in [5.41, 5.74) is 6.77. The lowest BCUT2D eigenvalue weighted by Crippen LogP contribution is -2.24. The maximum atomic E-state index is 12.2. The molecule has 3 unspecified atom stereocenters. The third-order valence-corrected chi connectivity index (χ3v) is 21.3. The molecular formula is C72H93ClO13S4. The SMILES string of the molecule is CCC(C)c1ccc(S(=O)(=O)OC2C=CC=CC2)cc1.CCC(C)c1ccc(S(=O)(=O)OC2CCCCC2)cc1.Cc1ccc(C(=O)CCc2ccc(Cl)cc2)cc1.Cc1ccc(S(=O)(=O)OC(C)(C)C)cc1.Cc1ccc(S(=O)(=O)OC2CCCCC2)cc1. The second-order valence-corrected chi connectivity index (χ2v) is 30.9. The molecule has 6 aromatic rings. The molecule has 6 aromatic carbocycles. The van der Waals surface area contributed by atoms with Gasteiger partial charge in [0.05, 0.1) is 43.5 Å². The van der Waals surface area contributed by atoms with Gasteiger partial charge in [0.2, 0.25) is 0 Å². The molecule has 2 saturated carbocycles. The van der Waals surface area contributed by atoms with E-state index in [0.29, 0.717) is 24.7 Å². The van der Waals surface area contributed by atoms with Crippen LogP contribution in [-0.2, 0) is 63.6 Å². The van der Waals surface area contributed by atoms with Gasteiger partial charge in [-0.25, -0.2) is 0 Å². The molecule has 0 bridgehead atoms. The van der Waals surface area contributed by atoms with E-state index in [9.17, 15) is 38.5 Å². The number of carbonyl (C=O) groups is 1. The van der Waals surface area contributed by atoms with Crippen LogP contribution in [-0.4, -0.2) is 63.4 Å². The van der Waals surface area contributed by atoms with E-state index >= 15 is 0 Å². The Bertz CT molecular complexity index is 3660. The molecule has 9 rings (SSSR count). The highest BCUT2D eigenvalue weighted by atomic mass is 35.5. The van der Waals surface area contributed by atoms with Gasteiger partial charge in [-0.2, -0.15) is 33.7 Å². The van der Waals surface area contributed by atoms with Crippen LogP contribution in [0.15, 0.2) is 189 Å². The first-order valence-electron chi connectivity index (χ1n) is 31.3. The van der Waals surface area contributed by atoms with Crippen molar-refractivity contribution in [3.8, 4) is 0 Å². The van der Waals surface area contributed by atoms with Gasteiger partial charge in [-0.05, 0) is 182 Å². The molecule has 0 spiro atoms. The lowest BCUT2D eigenvalue weighted by molar-refractivity contribution is 0.0982. The smallest absolute Gasteiger partial charge is 0.294 e. The van der Waals surface area contributed by atoms with E-state index in [-0.39, 0.29) is 37.6 Å². The molecule has 0 aliphatic heterocycles. The van der Waals surface area contributed by atoms with Crippen molar-refractivity contribution in [3.05, 3.63) is 214 Å². The number of rotatable bonds is 19. The highest BCUT2D eigenvalue weighted by Crippen LogP contribution is 2.29. The summed E-state index contributed by atoms with van der Waals surface area (Å²) >= 11 is 5.82. The van der Waals surface area contributed by atoms with Crippen LogP contribution in [0.3, 0.4) is 0 Å². The zero-order valence-corrected chi connectivity index (χ0v) is 58.0. The minimum atomic E-state index is -3.69. The molecule has 490 valence electrons. The minimum absolute atomic E-state index is 0.130. The summed E-state index contributed by atoms with van der Waals surface area (Å²) in [6, 6.07) is 42.8. The van der Waals surface area contributed by atoms with Crippen molar-refractivity contribution in [1.29, 1.82) is 0 Å². The predicted octanol–water partition coefficient (Wildman–Crippen LogP) is 18.0. The fourth-order valence-electron chi connectivity index (χ4n) is 9.62. The lowest BCUT2D eigenvalue weighted by atomic mass is 9.98. The van der Waals surface area contributed by atoms with Crippen LogP contribution in [0.5, 0.6) is 0 Å². The van der Waals surface area contributed by atoms with Crippen molar-refractivity contribution in [2.45, 2.75) is 221 Å². The zero-order chi connectivity index (χ0) is 66.1. The second-order valence-electron chi connectivity index (χ2n) is 24.2. The summed E-state index contributed by atoms with van der Waals surface area (Å²) < 4.78 is 117. The van der Waals surface area contributed by atoms with Gasteiger partial charge < -0.3 is 0 Å². The van der Waals surface area contributed by atoms with Gasteiger partial charge in [-0.1, -0.05) is 204 Å². The normalized spacial score (nSPS) is 16.3. The van der Waals surface area contributed by atoms with Crippen molar-refractivity contribution in [3.63, 3.8) is 0 Å². The fourth-order valence-corrected chi connectivity index (χ4v) is 14.3. The average molecular weight is 1330 g/mol. The highest BCUT2D eigenvalue weighted by molar-refractivity contribution is 7.87. The van der Waals surface area contributed by atoms with Gasteiger partial charge in [-0.3, -0.25) is 21.5 Å². The first-order valence-corrected chi connectivity index (χ1v) is 37.3. The van der Waals surface area contributed by atoms with Crippen LogP contribution in [0.25, 0.3) is 0 Å². The molecule has 0 saturated heterocycles. The molecule has 0 N–H and O–H groups in total. The standard InChI is InChI=1S/C16H15ClO.C16H24O3S.C16H20O3S.C13H18O3S.C11H16O3S/c1-12-2-7-14(8-3-12)16(18)11-6-13-4-9-15(17)10-5-13;2*1-3-13(2)14-9-11-16(12-10-14)20(17,18)19-15-7-5-4-6-8-15;1-11-7-9-13(10-8-11)17(14,15)16-12-5-3-2-4-6-12;1-9-5-7-10(8-6-9)15(12,13)14-11(2,3)4/h2-5,7-10H,6,11H2,1H3;9-13,15H,3-8H2,1-2H3;4-7,9-13,15H,3,8H2,1-2H3;7-10,12H,2-6H2,1H3;5-8H,1-4H3. The predicted molar refractivity (Wildman–Crippen MR) is 361 cm³/mol. The van der Waals surface area contributed by atoms with Crippen LogP contribution < -0.4 is 0 Å². The molecule has 3 atom stereocenters. The van der Waals surface area contributed by atoms with Crippen LogP contribution in [0.4, 0.5) is 0 Å². The summed E-state index contributed by atoms with van der Waals surface area (Å²) in [6.45, 7) is 19.5. The van der Waals surface area contributed by atoms with Gasteiger partial charge in [0.1, 0.15) is 0 Å². The van der Waals surface area contributed by atoms with E-state index in [0.717, 1.165) is 103 Å². The quantitative estimate of drug-likeness (QED) is 0.0550. The van der Waals surface area contributed by atoms with E-state index in [2.05, 4.69) is 27.7 Å². The third kappa shape index (κ3) is 26.2. The maximum Gasteiger partial charge on any atom is 0.297 e. The lowest BCUT2D eigenvalue weighted by Gasteiger charge is -2.21. The summed E-state index contributed by atoms with van der Waals surface area (Å²) in [6.07, 6.45) is 20.6. The Balaban J connectivity index is 0.000000205. The molecule has 2 fully saturated rings. The third-order valence-electron chi connectivity index (χ3n) is 15.4. The van der Waals surface area contributed by atoms with Gasteiger partial charge in [0.25, 0.3) is 40.5 Å². The molecule has 0 aromatic heterocycles. The van der Waals surface area contributed by atoms with E-state index < -0.39 is 52.2 Å². The number of aryl methyl sites for hydroxylation is 4. The minimum Gasteiger partial charge on any atom is -0.294 e. The van der Waals surface area contributed by atoms with Gasteiger partial charge in [0, 0.05) is 17.0 Å². The monoisotopic (exact) mass is 1330 g/mol.